The quantitative estimate of drug-likeness (QED) is 0.437. The van der Waals surface area contributed by atoms with Gasteiger partial charge in [-0.25, -0.2) is 9.78 Å². The molecule has 0 radical (unpaired) electrons. The summed E-state index contributed by atoms with van der Waals surface area (Å²) in [5.41, 5.74) is 8.66. The van der Waals surface area contributed by atoms with E-state index < -0.39 is 11.5 Å². The van der Waals surface area contributed by atoms with Gasteiger partial charge in [0.1, 0.15) is 0 Å². The van der Waals surface area contributed by atoms with E-state index in [1.54, 1.807) is 42.5 Å². The van der Waals surface area contributed by atoms with Crippen molar-refractivity contribution in [3.63, 3.8) is 0 Å². The van der Waals surface area contributed by atoms with E-state index in [9.17, 15) is 14.4 Å². The number of aromatic amines is 1. The van der Waals surface area contributed by atoms with E-state index in [4.69, 9.17) is 10.5 Å². The van der Waals surface area contributed by atoms with E-state index in [0.717, 1.165) is 0 Å². The first kappa shape index (κ1) is 17.7. The van der Waals surface area contributed by atoms with Gasteiger partial charge in [0.25, 0.3) is 5.56 Å². The number of ketones is 1. The van der Waals surface area contributed by atoms with Crippen molar-refractivity contribution in [3.8, 4) is 22.4 Å². The molecule has 146 valence electrons. The molecule has 30 heavy (non-hydrogen) atoms. The number of hydrogen-bond acceptors (Lipinski definition) is 7. The number of pyridine rings is 1. The zero-order valence-corrected chi connectivity index (χ0v) is 15.7. The van der Waals surface area contributed by atoms with Gasteiger partial charge in [0, 0.05) is 16.7 Å². The number of benzene rings is 2. The fourth-order valence-corrected chi connectivity index (χ4v) is 3.81. The van der Waals surface area contributed by atoms with Crippen LogP contribution in [0.15, 0.2) is 53.3 Å². The highest BCUT2D eigenvalue weighted by molar-refractivity contribution is 6.26. The Bertz CT molecular complexity index is 1440. The molecule has 1 aliphatic carbocycles. The molecule has 0 aliphatic heterocycles. The van der Waals surface area contributed by atoms with Gasteiger partial charge in [0.05, 0.1) is 29.3 Å². The third-order valence-electron chi connectivity index (χ3n) is 5.12. The SMILES string of the molecule is COC(=O)c1ccc(-c2c3c(nc4nc(N)[nH]c(=O)c24)-c2ccccc2C3=O)cc1. The van der Waals surface area contributed by atoms with Gasteiger partial charge in [-0.1, -0.05) is 36.4 Å². The zero-order chi connectivity index (χ0) is 21.0. The number of rotatable bonds is 2. The lowest BCUT2D eigenvalue weighted by molar-refractivity contribution is 0.0600. The highest BCUT2D eigenvalue weighted by Crippen LogP contribution is 2.42. The second-order valence-electron chi connectivity index (χ2n) is 6.80. The van der Waals surface area contributed by atoms with Gasteiger partial charge < -0.3 is 10.5 Å². The molecule has 5 rings (SSSR count). The van der Waals surface area contributed by atoms with Crippen LogP contribution >= 0.6 is 0 Å². The molecule has 0 bridgehead atoms. The van der Waals surface area contributed by atoms with Crippen molar-refractivity contribution in [2.75, 3.05) is 12.8 Å². The highest BCUT2D eigenvalue weighted by Gasteiger charge is 2.33. The van der Waals surface area contributed by atoms with E-state index in [-0.39, 0.29) is 22.8 Å². The number of ether oxygens (including phenoxy) is 1. The van der Waals surface area contributed by atoms with Crippen molar-refractivity contribution in [2.45, 2.75) is 0 Å². The summed E-state index contributed by atoms with van der Waals surface area (Å²) >= 11 is 0. The molecule has 0 saturated heterocycles. The molecule has 8 heteroatoms. The van der Waals surface area contributed by atoms with Crippen molar-refractivity contribution in [3.05, 3.63) is 75.6 Å². The van der Waals surface area contributed by atoms with Gasteiger partial charge in [0.2, 0.25) is 5.95 Å². The molecular formula is C22H14N4O4. The van der Waals surface area contributed by atoms with Gasteiger partial charge >= 0.3 is 5.97 Å². The van der Waals surface area contributed by atoms with Crippen molar-refractivity contribution in [1.82, 2.24) is 15.0 Å². The first-order chi connectivity index (χ1) is 14.5. The Kier molecular flexibility index (Phi) is 3.75. The second-order valence-corrected chi connectivity index (χ2v) is 6.80. The van der Waals surface area contributed by atoms with Crippen LogP contribution < -0.4 is 11.3 Å². The summed E-state index contributed by atoms with van der Waals surface area (Å²) in [4.78, 5) is 49.0. The van der Waals surface area contributed by atoms with Crippen LogP contribution in [-0.4, -0.2) is 33.8 Å². The summed E-state index contributed by atoms with van der Waals surface area (Å²) in [6.07, 6.45) is 0. The minimum absolute atomic E-state index is 0.0652. The Balaban J connectivity index is 1.89. The normalized spacial score (nSPS) is 12.0. The largest absolute Gasteiger partial charge is 0.465 e. The first-order valence-electron chi connectivity index (χ1n) is 9.06. The summed E-state index contributed by atoms with van der Waals surface area (Å²) in [6.45, 7) is 0. The maximum atomic E-state index is 13.3. The number of esters is 1. The average Bonchev–Trinajstić information content (AvgIpc) is 3.04. The molecule has 0 saturated carbocycles. The molecule has 0 fully saturated rings. The lowest BCUT2D eigenvalue weighted by Gasteiger charge is -2.12. The van der Waals surface area contributed by atoms with E-state index in [0.29, 0.717) is 39.1 Å². The van der Waals surface area contributed by atoms with Crippen molar-refractivity contribution in [1.29, 1.82) is 0 Å². The topological polar surface area (TPSA) is 128 Å². The molecule has 0 unspecified atom stereocenters. The molecule has 0 atom stereocenters. The minimum atomic E-state index is -0.497. The summed E-state index contributed by atoms with van der Waals surface area (Å²) in [7, 11) is 1.30. The number of methoxy groups -OCH3 is 1. The lowest BCUT2D eigenvalue weighted by Crippen LogP contribution is -2.15. The number of carbonyl (C=O) groups is 2. The number of fused-ring (bicyclic) bond motifs is 4. The second kappa shape index (κ2) is 6.35. The summed E-state index contributed by atoms with van der Waals surface area (Å²) in [6, 6.07) is 13.6. The van der Waals surface area contributed by atoms with Crippen LogP contribution in [0.3, 0.4) is 0 Å². The lowest BCUT2D eigenvalue weighted by atomic mass is 9.94. The number of nitrogens with one attached hydrogen (secondary N) is 1. The van der Waals surface area contributed by atoms with Crippen molar-refractivity contribution >= 4 is 28.7 Å². The molecule has 0 amide bonds. The molecule has 3 N–H and O–H groups in total. The number of nitrogens with zero attached hydrogens (tertiary/aromatic N) is 2. The molecule has 2 aromatic heterocycles. The summed E-state index contributed by atoms with van der Waals surface area (Å²) < 4.78 is 4.74. The predicted molar refractivity (Wildman–Crippen MR) is 110 cm³/mol. The molecule has 0 spiro atoms. The van der Waals surface area contributed by atoms with Crippen LogP contribution in [-0.2, 0) is 4.74 Å². The van der Waals surface area contributed by atoms with Crippen LogP contribution in [0.25, 0.3) is 33.4 Å². The number of nitrogen functional groups attached to an aromatic ring is 1. The van der Waals surface area contributed by atoms with Crippen LogP contribution in [0.4, 0.5) is 5.95 Å². The Morgan fingerprint density at radius 2 is 1.67 bits per heavy atom. The molecule has 2 heterocycles. The first-order valence-corrected chi connectivity index (χ1v) is 9.06. The van der Waals surface area contributed by atoms with Crippen molar-refractivity contribution < 1.29 is 14.3 Å². The summed E-state index contributed by atoms with van der Waals surface area (Å²) in [5.74, 6) is -0.773. The van der Waals surface area contributed by atoms with Crippen LogP contribution in [0, 0.1) is 0 Å². The molecule has 4 aromatic rings. The Labute approximate surface area is 169 Å². The van der Waals surface area contributed by atoms with Gasteiger partial charge in [-0.05, 0) is 17.7 Å². The van der Waals surface area contributed by atoms with E-state index in [2.05, 4.69) is 15.0 Å². The monoisotopic (exact) mass is 398 g/mol. The maximum Gasteiger partial charge on any atom is 0.337 e. The third-order valence-corrected chi connectivity index (χ3v) is 5.12. The van der Waals surface area contributed by atoms with Crippen LogP contribution in [0.1, 0.15) is 26.3 Å². The molecule has 2 aromatic carbocycles. The van der Waals surface area contributed by atoms with Gasteiger partial charge in [-0.2, -0.15) is 4.98 Å². The highest BCUT2D eigenvalue weighted by atomic mass is 16.5. The fraction of sp³-hybridized carbons (Fsp3) is 0.0455. The van der Waals surface area contributed by atoms with E-state index in [1.165, 1.54) is 7.11 Å². The number of aromatic nitrogens is 3. The summed E-state index contributed by atoms with van der Waals surface area (Å²) in [5, 5.41) is 0.162. The van der Waals surface area contributed by atoms with Crippen molar-refractivity contribution in [2.24, 2.45) is 0 Å². The number of nitrogens with two attached hydrogens (primary N) is 1. The van der Waals surface area contributed by atoms with Crippen LogP contribution in [0.5, 0.6) is 0 Å². The van der Waals surface area contributed by atoms with Crippen LogP contribution in [0.2, 0.25) is 0 Å². The minimum Gasteiger partial charge on any atom is -0.465 e. The Morgan fingerprint density at radius 1 is 0.967 bits per heavy atom. The standard InChI is InChI=1S/C22H14N4O4/c1-30-21(29)11-8-6-10(7-9-11)14-15-17(12-4-2-3-5-13(12)18(15)27)24-19-16(14)20(28)26-22(23)25-19/h2-9H,1H3,(H3,23,24,25,26,28). The zero-order valence-electron chi connectivity index (χ0n) is 15.7. The molecular weight excluding hydrogens is 384 g/mol. The van der Waals surface area contributed by atoms with E-state index >= 15 is 0 Å². The number of carbonyl (C=O) groups excluding carboxylic acids is 2. The van der Waals surface area contributed by atoms with Gasteiger partial charge in [-0.15, -0.1) is 0 Å². The van der Waals surface area contributed by atoms with Gasteiger partial charge in [-0.3, -0.25) is 14.6 Å². The maximum absolute atomic E-state index is 13.3. The number of H-pyrrole nitrogens is 1. The molecule has 8 nitrogen and oxygen atoms in total. The Morgan fingerprint density at radius 3 is 2.37 bits per heavy atom. The van der Waals surface area contributed by atoms with Gasteiger partial charge in [0.15, 0.2) is 11.4 Å². The molecule has 1 aliphatic rings. The Hall–Kier alpha value is -4.33. The third kappa shape index (κ3) is 2.44. The number of anilines is 1. The average molecular weight is 398 g/mol. The fourth-order valence-electron chi connectivity index (χ4n) is 3.81. The predicted octanol–water partition coefficient (Wildman–Crippen LogP) is 2.57. The smallest absolute Gasteiger partial charge is 0.337 e. The number of hydrogen-bond donors (Lipinski definition) is 2. The van der Waals surface area contributed by atoms with E-state index in [1.807, 2.05) is 6.07 Å².